The number of aryl methyl sites for hydroxylation is 1. The van der Waals surface area contributed by atoms with Gasteiger partial charge in [0, 0.05) is 11.3 Å². The third-order valence-corrected chi connectivity index (χ3v) is 4.68. The van der Waals surface area contributed by atoms with Gasteiger partial charge in [-0.1, -0.05) is 54.6 Å². The van der Waals surface area contributed by atoms with Crippen LogP contribution in [0.3, 0.4) is 0 Å². The predicted molar refractivity (Wildman–Crippen MR) is 116 cm³/mol. The SMILES string of the molecule is Cc1nc(-c2cccc(NC(=O)CNC(=O)Cc3cccc4ccccc34)c2)n[nH]1. The first kappa shape index (κ1) is 19.3. The molecule has 0 aliphatic carbocycles. The molecule has 0 saturated carbocycles. The highest BCUT2D eigenvalue weighted by Crippen LogP contribution is 2.20. The van der Waals surface area contributed by atoms with E-state index in [1.54, 1.807) is 12.1 Å². The number of nitrogens with one attached hydrogen (secondary N) is 3. The molecule has 3 N–H and O–H groups in total. The van der Waals surface area contributed by atoms with Gasteiger partial charge in [0.2, 0.25) is 11.8 Å². The monoisotopic (exact) mass is 399 g/mol. The zero-order chi connectivity index (χ0) is 20.9. The molecule has 0 radical (unpaired) electrons. The molecule has 0 aliphatic heterocycles. The molecule has 0 spiro atoms. The Morgan fingerprint density at radius 3 is 2.60 bits per heavy atom. The number of carbonyl (C=O) groups excluding carboxylic acids is 2. The molecule has 0 unspecified atom stereocenters. The van der Waals surface area contributed by atoms with Gasteiger partial charge in [-0.25, -0.2) is 4.98 Å². The summed E-state index contributed by atoms with van der Waals surface area (Å²) < 4.78 is 0. The van der Waals surface area contributed by atoms with Crippen molar-refractivity contribution in [3.63, 3.8) is 0 Å². The van der Waals surface area contributed by atoms with Crippen LogP contribution in [-0.4, -0.2) is 33.5 Å². The second kappa shape index (κ2) is 8.57. The molecule has 1 heterocycles. The number of H-pyrrole nitrogens is 1. The van der Waals surface area contributed by atoms with Crippen molar-refractivity contribution in [1.29, 1.82) is 0 Å². The third kappa shape index (κ3) is 4.52. The molecular formula is C23H21N5O2. The van der Waals surface area contributed by atoms with Crippen LogP contribution < -0.4 is 10.6 Å². The summed E-state index contributed by atoms with van der Waals surface area (Å²) in [6.45, 7) is 1.72. The van der Waals surface area contributed by atoms with Crippen LogP contribution in [0.2, 0.25) is 0 Å². The zero-order valence-electron chi connectivity index (χ0n) is 16.5. The molecule has 0 bridgehead atoms. The van der Waals surface area contributed by atoms with E-state index in [2.05, 4.69) is 25.8 Å². The minimum atomic E-state index is -0.301. The number of rotatable bonds is 6. The van der Waals surface area contributed by atoms with Gasteiger partial charge in [-0.05, 0) is 35.4 Å². The molecule has 30 heavy (non-hydrogen) atoms. The Morgan fingerprint density at radius 1 is 0.967 bits per heavy atom. The number of anilines is 1. The third-order valence-electron chi connectivity index (χ3n) is 4.68. The van der Waals surface area contributed by atoms with Crippen LogP contribution in [0.15, 0.2) is 66.7 Å². The Kier molecular flexibility index (Phi) is 5.52. The maximum Gasteiger partial charge on any atom is 0.243 e. The molecule has 4 rings (SSSR count). The van der Waals surface area contributed by atoms with Crippen molar-refractivity contribution in [1.82, 2.24) is 20.5 Å². The fourth-order valence-electron chi connectivity index (χ4n) is 3.27. The largest absolute Gasteiger partial charge is 0.347 e. The van der Waals surface area contributed by atoms with Crippen molar-refractivity contribution in [2.75, 3.05) is 11.9 Å². The number of aromatic amines is 1. The minimum Gasteiger partial charge on any atom is -0.347 e. The van der Waals surface area contributed by atoms with Gasteiger partial charge in [-0.15, -0.1) is 0 Å². The van der Waals surface area contributed by atoms with Crippen LogP contribution in [0.4, 0.5) is 5.69 Å². The number of carbonyl (C=O) groups is 2. The second-order valence-corrected chi connectivity index (χ2v) is 6.97. The highest BCUT2D eigenvalue weighted by molar-refractivity contribution is 5.96. The minimum absolute atomic E-state index is 0.104. The standard InChI is InChI=1S/C23H21N5O2/c1-15-25-23(28-27-15)18-9-5-10-19(12-18)26-22(30)14-24-21(29)13-17-8-4-7-16-6-2-3-11-20(16)17/h2-12H,13-14H2,1H3,(H,24,29)(H,26,30)(H,25,27,28). The summed E-state index contributed by atoms with van der Waals surface area (Å²) in [4.78, 5) is 28.9. The molecule has 3 aromatic carbocycles. The topological polar surface area (TPSA) is 99.8 Å². The molecule has 2 amide bonds. The Balaban J connectivity index is 1.34. The maximum absolute atomic E-state index is 12.3. The average molecular weight is 399 g/mol. The summed E-state index contributed by atoms with van der Waals surface area (Å²) in [6.07, 6.45) is 0.217. The predicted octanol–water partition coefficient (Wildman–Crippen LogP) is 3.23. The van der Waals surface area contributed by atoms with E-state index in [-0.39, 0.29) is 24.8 Å². The van der Waals surface area contributed by atoms with Crippen LogP contribution >= 0.6 is 0 Å². The lowest BCUT2D eigenvalue weighted by molar-refractivity contribution is -0.123. The van der Waals surface area contributed by atoms with E-state index in [9.17, 15) is 9.59 Å². The van der Waals surface area contributed by atoms with E-state index in [1.807, 2.05) is 61.5 Å². The molecule has 4 aromatic rings. The van der Waals surface area contributed by atoms with E-state index in [1.165, 1.54) is 0 Å². The summed E-state index contributed by atoms with van der Waals surface area (Å²) in [5.41, 5.74) is 2.33. The van der Waals surface area contributed by atoms with Crippen LogP contribution in [0.25, 0.3) is 22.2 Å². The van der Waals surface area contributed by atoms with Crippen molar-refractivity contribution in [3.05, 3.63) is 78.1 Å². The van der Waals surface area contributed by atoms with Crippen molar-refractivity contribution in [2.24, 2.45) is 0 Å². The Hall–Kier alpha value is -4.00. The van der Waals surface area contributed by atoms with Gasteiger partial charge >= 0.3 is 0 Å². The molecule has 7 heteroatoms. The van der Waals surface area contributed by atoms with E-state index in [4.69, 9.17) is 0 Å². The number of fused-ring (bicyclic) bond motifs is 1. The number of benzene rings is 3. The first-order chi connectivity index (χ1) is 14.6. The molecule has 0 aliphatic rings. The Morgan fingerprint density at radius 2 is 1.77 bits per heavy atom. The summed E-state index contributed by atoms with van der Waals surface area (Å²) in [5, 5.41) is 14.5. The lowest BCUT2D eigenvalue weighted by atomic mass is 10.0. The van der Waals surface area contributed by atoms with E-state index in [0.717, 1.165) is 21.9 Å². The van der Waals surface area contributed by atoms with Crippen LogP contribution in [0.1, 0.15) is 11.4 Å². The summed E-state index contributed by atoms with van der Waals surface area (Å²) in [6, 6.07) is 21.0. The first-order valence-corrected chi connectivity index (χ1v) is 9.61. The van der Waals surface area contributed by atoms with E-state index in [0.29, 0.717) is 17.3 Å². The number of hydrogen-bond acceptors (Lipinski definition) is 4. The second-order valence-electron chi connectivity index (χ2n) is 6.97. The van der Waals surface area contributed by atoms with Crippen molar-refractivity contribution in [2.45, 2.75) is 13.3 Å². The molecule has 0 saturated heterocycles. The van der Waals surface area contributed by atoms with E-state index >= 15 is 0 Å². The van der Waals surface area contributed by atoms with E-state index < -0.39 is 0 Å². The number of aromatic nitrogens is 3. The van der Waals surface area contributed by atoms with Gasteiger partial charge in [-0.3, -0.25) is 14.7 Å². The fourth-order valence-corrected chi connectivity index (χ4v) is 3.27. The molecular weight excluding hydrogens is 378 g/mol. The summed E-state index contributed by atoms with van der Waals surface area (Å²) in [5.74, 6) is 0.774. The van der Waals surface area contributed by atoms with Gasteiger partial charge < -0.3 is 10.6 Å². The lowest BCUT2D eigenvalue weighted by Crippen LogP contribution is -2.33. The molecule has 0 atom stereocenters. The summed E-state index contributed by atoms with van der Waals surface area (Å²) >= 11 is 0. The maximum atomic E-state index is 12.3. The van der Waals surface area contributed by atoms with Crippen molar-refractivity contribution in [3.8, 4) is 11.4 Å². The molecule has 150 valence electrons. The van der Waals surface area contributed by atoms with Gasteiger partial charge in [0.05, 0.1) is 13.0 Å². The Bertz CT molecular complexity index is 1210. The summed E-state index contributed by atoms with van der Waals surface area (Å²) in [7, 11) is 0. The number of nitrogens with zero attached hydrogens (tertiary/aromatic N) is 2. The molecule has 0 fully saturated rings. The normalized spacial score (nSPS) is 10.7. The van der Waals surface area contributed by atoms with Gasteiger partial charge in [-0.2, -0.15) is 5.10 Å². The Labute approximate surface area is 173 Å². The number of hydrogen-bond donors (Lipinski definition) is 3. The van der Waals surface area contributed by atoms with Gasteiger partial charge in [0.15, 0.2) is 5.82 Å². The zero-order valence-corrected chi connectivity index (χ0v) is 16.5. The van der Waals surface area contributed by atoms with Gasteiger partial charge in [0.25, 0.3) is 0 Å². The quantitative estimate of drug-likeness (QED) is 0.463. The molecule has 1 aromatic heterocycles. The van der Waals surface area contributed by atoms with Crippen molar-refractivity contribution >= 4 is 28.3 Å². The smallest absolute Gasteiger partial charge is 0.243 e. The van der Waals surface area contributed by atoms with Crippen LogP contribution in [-0.2, 0) is 16.0 Å². The van der Waals surface area contributed by atoms with Gasteiger partial charge in [0.1, 0.15) is 5.82 Å². The highest BCUT2D eigenvalue weighted by Gasteiger charge is 2.10. The average Bonchev–Trinajstić information content (AvgIpc) is 3.19. The fraction of sp³-hybridized carbons (Fsp3) is 0.130. The first-order valence-electron chi connectivity index (χ1n) is 9.61. The van der Waals surface area contributed by atoms with Crippen molar-refractivity contribution < 1.29 is 9.59 Å². The van der Waals surface area contributed by atoms with Crippen LogP contribution in [0, 0.1) is 6.92 Å². The number of amides is 2. The lowest BCUT2D eigenvalue weighted by Gasteiger charge is -2.09. The highest BCUT2D eigenvalue weighted by atomic mass is 16.2. The molecule has 7 nitrogen and oxygen atoms in total. The van der Waals surface area contributed by atoms with Crippen LogP contribution in [0.5, 0.6) is 0 Å².